The first-order valence-corrected chi connectivity index (χ1v) is 6.23. The highest BCUT2D eigenvalue weighted by Gasteiger charge is 2.16. The first-order chi connectivity index (χ1) is 7.96. The maximum atomic E-state index is 8.92. The van der Waals surface area contributed by atoms with Crippen LogP contribution in [0.4, 0.5) is 0 Å². The number of benzene rings is 1. The third-order valence-electron chi connectivity index (χ3n) is 2.87. The summed E-state index contributed by atoms with van der Waals surface area (Å²) in [5.74, 6) is 0. The van der Waals surface area contributed by atoms with Crippen molar-refractivity contribution in [1.82, 2.24) is 5.32 Å². The first-order valence-electron chi connectivity index (χ1n) is 5.85. The van der Waals surface area contributed by atoms with Gasteiger partial charge in [-0.1, -0.05) is 29.8 Å². The summed E-state index contributed by atoms with van der Waals surface area (Å²) in [4.78, 5) is 0. The van der Waals surface area contributed by atoms with E-state index in [1.54, 1.807) is 0 Å². The lowest BCUT2D eigenvalue weighted by Crippen LogP contribution is -2.24. The minimum atomic E-state index is -0.271. The summed E-state index contributed by atoms with van der Waals surface area (Å²) in [5, 5.41) is 13.1. The van der Waals surface area contributed by atoms with E-state index in [0.29, 0.717) is 0 Å². The summed E-state index contributed by atoms with van der Waals surface area (Å²) in [6.45, 7) is 6.80. The molecule has 1 atom stereocenters. The molecule has 1 rings (SSSR count). The molecule has 0 unspecified atom stereocenters. The van der Waals surface area contributed by atoms with Crippen molar-refractivity contribution >= 4 is 11.6 Å². The van der Waals surface area contributed by atoms with Crippen LogP contribution in [-0.2, 0) is 0 Å². The van der Waals surface area contributed by atoms with Gasteiger partial charge in [0.2, 0.25) is 0 Å². The van der Waals surface area contributed by atoms with Crippen molar-refractivity contribution in [3.05, 3.63) is 34.9 Å². The lowest BCUT2D eigenvalue weighted by Gasteiger charge is -2.19. The molecule has 2 nitrogen and oxygen atoms in total. The SMILES string of the molecule is C[C@H](NCCC(C)(C)C#N)c1ccccc1Cl. The number of nitriles is 1. The zero-order valence-corrected chi connectivity index (χ0v) is 11.4. The van der Waals surface area contributed by atoms with Crippen LogP contribution in [0.1, 0.15) is 38.8 Å². The molecular weight excluding hydrogens is 232 g/mol. The molecular formula is C14H19ClN2. The minimum absolute atomic E-state index is 0.207. The topological polar surface area (TPSA) is 35.8 Å². The number of hydrogen-bond donors (Lipinski definition) is 1. The maximum absolute atomic E-state index is 8.92. The molecule has 0 saturated carbocycles. The monoisotopic (exact) mass is 250 g/mol. The van der Waals surface area contributed by atoms with Crippen LogP contribution in [0.15, 0.2) is 24.3 Å². The van der Waals surface area contributed by atoms with Crippen molar-refractivity contribution in [3.63, 3.8) is 0 Å². The Morgan fingerprint density at radius 1 is 1.41 bits per heavy atom. The molecule has 3 heteroatoms. The smallest absolute Gasteiger partial charge is 0.0684 e. The summed E-state index contributed by atoms with van der Waals surface area (Å²) in [7, 11) is 0. The van der Waals surface area contributed by atoms with Crippen molar-refractivity contribution in [1.29, 1.82) is 5.26 Å². The van der Waals surface area contributed by atoms with Crippen LogP contribution >= 0.6 is 11.6 Å². The van der Waals surface area contributed by atoms with Gasteiger partial charge in [-0.3, -0.25) is 0 Å². The Morgan fingerprint density at radius 3 is 2.65 bits per heavy atom. The number of nitrogens with zero attached hydrogens (tertiary/aromatic N) is 1. The molecule has 0 aromatic heterocycles. The second-order valence-corrected chi connectivity index (χ2v) is 5.35. The highest BCUT2D eigenvalue weighted by Crippen LogP contribution is 2.23. The standard InChI is InChI=1S/C14H19ClN2/c1-11(12-6-4-5-7-13(12)15)17-9-8-14(2,3)10-16/h4-7,11,17H,8-9H2,1-3H3/t11-/m0/s1. The van der Waals surface area contributed by atoms with E-state index in [0.717, 1.165) is 23.6 Å². The van der Waals surface area contributed by atoms with Gasteiger partial charge >= 0.3 is 0 Å². The van der Waals surface area contributed by atoms with Crippen LogP contribution in [-0.4, -0.2) is 6.54 Å². The van der Waals surface area contributed by atoms with Crippen LogP contribution in [0.5, 0.6) is 0 Å². The molecule has 0 bridgehead atoms. The lowest BCUT2D eigenvalue weighted by atomic mass is 9.91. The zero-order chi connectivity index (χ0) is 12.9. The Morgan fingerprint density at radius 2 is 2.06 bits per heavy atom. The highest BCUT2D eigenvalue weighted by atomic mass is 35.5. The van der Waals surface area contributed by atoms with Crippen LogP contribution in [0.2, 0.25) is 5.02 Å². The van der Waals surface area contributed by atoms with E-state index < -0.39 is 0 Å². The third-order valence-corrected chi connectivity index (χ3v) is 3.22. The van der Waals surface area contributed by atoms with Crippen molar-refractivity contribution in [2.45, 2.75) is 33.2 Å². The molecule has 1 aromatic rings. The quantitative estimate of drug-likeness (QED) is 0.860. The molecule has 1 N–H and O–H groups in total. The number of halogens is 1. The Kier molecular flexibility index (Phi) is 4.99. The second kappa shape index (κ2) is 6.05. The van der Waals surface area contributed by atoms with Gasteiger partial charge in [-0.25, -0.2) is 0 Å². The van der Waals surface area contributed by atoms with Crippen molar-refractivity contribution < 1.29 is 0 Å². The fourth-order valence-electron chi connectivity index (χ4n) is 1.59. The van der Waals surface area contributed by atoms with E-state index in [1.807, 2.05) is 38.1 Å². The van der Waals surface area contributed by atoms with Crippen LogP contribution in [0.3, 0.4) is 0 Å². The highest BCUT2D eigenvalue weighted by molar-refractivity contribution is 6.31. The lowest BCUT2D eigenvalue weighted by molar-refractivity contribution is 0.416. The summed E-state index contributed by atoms with van der Waals surface area (Å²) in [5.41, 5.74) is 0.830. The molecule has 0 spiro atoms. The number of nitrogens with one attached hydrogen (secondary N) is 1. The summed E-state index contributed by atoms with van der Waals surface area (Å²) in [6.07, 6.45) is 0.832. The fraction of sp³-hybridized carbons (Fsp3) is 0.500. The minimum Gasteiger partial charge on any atom is -0.310 e. The van der Waals surface area contributed by atoms with Gasteiger partial charge in [0.25, 0.3) is 0 Å². The first kappa shape index (κ1) is 14.0. The molecule has 17 heavy (non-hydrogen) atoms. The van der Waals surface area contributed by atoms with Gasteiger partial charge in [0.1, 0.15) is 0 Å². The summed E-state index contributed by atoms with van der Waals surface area (Å²) >= 11 is 6.12. The molecule has 0 heterocycles. The summed E-state index contributed by atoms with van der Waals surface area (Å²) < 4.78 is 0. The Hall–Kier alpha value is -1.04. The van der Waals surface area contributed by atoms with E-state index in [2.05, 4.69) is 18.3 Å². The number of rotatable bonds is 5. The predicted octanol–water partition coefficient (Wildman–Crippen LogP) is 3.93. The predicted molar refractivity (Wildman–Crippen MR) is 71.9 cm³/mol. The molecule has 0 aliphatic heterocycles. The largest absolute Gasteiger partial charge is 0.310 e. The van der Waals surface area contributed by atoms with Crippen molar-refractivity contribution in [2.24, 2.45) is 5.41 Å². The van der Waals surface area contributed by atoms with E-state index in [1.165, 1.54) is 0 Å². The van der Waals surface area contributed by atoms with E-state index in [4.69, 9.17) is 16.9 Å². The molecule has 0 amide bonds. The second-order valence-electron chi connectivity index (χ2n) is 4.94. The van der Waals surface area contributed by atoms with Gasteiger partial charge in [-0.2, -0.15) is 5.26 Å². The van der Waals surface area contributed by atoms with Gasteiger partial charge in [-0.15, -0.1) is 0 Å². The average molecular weight is 251 g/mol. The Bertz CT molecular complexity index is 407. The van der Waals surface area contributed by atoms with Gasteiger partial charge in [0.15, 0.2) is 0 Å². The molecule has 92 valence electrons. The molecule has 0 aliphatic rings. The van der Waals surface area contributed by atoms with Gasteiger partial charge < -0.3 is 5.32 Å². The Balaban J connectivity index is 2.49. The van der Waals surface area contributed by atoms with E-state index in [-0.39, 0.29) is 11.5 Å². The normalized spacial score (nSPS) is 13.1. The molecule has 0 saturated heterocycles. The Labute approximate surface area is 109 Å². The van der Waals surface area contributed by atoms with Crippen LogP contribution < -0.4 is 5.32 Å². The molecule has 0 fully saturated rings. The van der Waals surface area contributed by atoms with Gasteiger partial charge in [-0.05, 0) is 45.4 Å². The zero-order valence-electron chi connectivity index (χ0n) is 10.6. The number of hydrogen-bond acceptors (Lipinski definition) is 2. The van der Waals surface area contributed by atoms with Crippen molar-refractivity contribution in [3.8, 4) is 6.07 Å². The molecule has 0 aliphatic carbocycles. The molecule has 1 aromatic carbocycles. The van der Waals surface area contributed by atoms with E-state index in [9.17, 15) is 0 Å². The van der Waals surface area contributed by atoms with Crippen LogP contribution in [0, 0.1) is 16.7 Å². The van der Waals surface area contributed by atoms with Crippen molar-refractivity contribution in [2.75, 3.05) is 6.54 Å². The van der Waals surface area contributed by atoms with Crippen LogP contribution in [0.25, 0.3) is 0 Å². The summed E-state index contributed by atoms with van der Waals surface area (Å²) in [6, 6.07) is 10.3. The van der Waals surface area contributed by atoms with E-state index >= 15 is 0 Å². The molecule has 0 radical (unpaired) electrons. The fourth-order valence-corrected chi connectivity index (χ4v) is 1.89. The van der Waals surface area contributed by atoms with Gasteiger partial charge in [0.05, 0.1) is 11.5 Å². The third kappa shape index (κ3) is 4.38. The maximum Gasteiger partial charge on any atom is 0.0684 e. The van der Waals surface area contributed by atoms with Gasteiger partial charge in [0, 0.05) is 11.1 Å². The average Bonchev–Trinajstić information content (AvgIpc) is 2.29.